The van der Waals surface area contributed by atoms with E-state index in [1.807, 2.05) is 30.3 Å². The van der Waals surface area contributed by atoms with Gasteiger partial charge in [-0.15, -0.1) is 0 Å². The maximum Gasteiger partial charge on any atom is 0.312 e. The molecule has 0 saturated heterocycles. The molecule has 0 saturated carbocycles. The van der Waals surface area contributed by atoms with Crippen molar-refractivity contribution in [2.45, 2.75) is 12.5 Å². The van der Waals surface area contributed by atoms with E-state index in [4.69, 9.17) is 10.5 Å². The fraction of sp³-hybridized carbons (Fsp3) is 0.0909. The van der Waals surface area contributed by atoms with Crippen LogP contribution in [-0.4, -0.2) is 11.9 Å². The number of urea groups is 1. The molecule has 0 radical (unpaired) electrons. The molecule has 0 aliphatic heterocycles. The van der Waals surface area contributed by atoms with Crippen LogP contribution in [-0.2, 0) is 4.79 Å². The number of primary amides is 1. The van der Waals surface area contributed by atoms with Gasteiger partial charge in [-0.1, -0.05) is 36.4 Å². The number of ether oxygens (including phenoxy) is 1. The van der Waals surface area contributed by atoms with Gasteiger partial charge >= 0.3 is 6.03 Å². The molecule has 0 heterocycles. The summed E-state index contributed by atoms with van der Waals surface area (Å²) < 4.78 is 19.1. The molecule has 29 heavy (non-hydrogen) atoms. The van der Waals surface area contributed by atoms with E-state index in [1.54, 1.807) is 30.3 Å². The van der Waals surface area contributed by atoms with Crippen molar-refractivity contribution in [3.05, 3.63) is 90.2 Å². The summed E-state index contributed by atoms with van der Waals surface area (Å²) >= 11 is 0. The predicted molar refractivity (Wildman–Crippen MR) is 108 cm³/mol. The topological polar surface area (TPSA) is 93.5 Å². The molecule has 0 aliphatic carbocycles. The Bertz CT molecular complexity index is 995. The minimum atomic E-state index is -0.761. The van der Waals surface area contributed by atoms with Gasteiger partial charge in [-0.05, 0) is 48.0 Å². The molecule has 1 unspecified atom stereocenters. The zero-order valence-electron chi connectivity index (χ0n) is 15.5. The van der Waals surface area contributed by atoms with E-state index in [1.165, 1.54) is 18.2 Å². The second-order valence-corrected chi connectivity index (χ2v) is 6.31. The Kier molecular flexibility index (Phi) is 6.42. The molecule has 3 rings (SSSR count). The largest absolute Gasteiger partial charge is 0.457 e. The molecular formula is C22H20FN3O3. The van der Waals surface area contributed by atoms with Crippen LogP contribution in [0.1, 0.15) is 18.0 Å². The number of hydrogen-bond acceptors (Lipinski definition) is 3. The van der Waals surface area contributed by atoms with Crippen LogP contribution in [0.3, 0.4) is 0 Å². The minimum absolute atomic E-state index is 0.0890. The maximum atomic E-state index is 13.3. The molecule has 0 fully saturated rings. The van der Waals surface area contributed by atoms with Crippen LogP contribution in [0.25, 0.3) is 0 Å². The zero-order valence-corrected chi connectivity index (χ0v) is 15.5. The number of nitrogens with one attached hydrogen (secondary N) is 2. The summed E-state index contributed by atoms with van der Waals surface area (Å²) in [5, 5.41) is 5.17. The lowest BCUT2D eigenvalue weighted by molar-refractivity contribution is -0.116. The van der Waals surface area contributed by atoms with Crippen molar-refractivity contribution < 1.29 is 18.7 Å². The number of carbonyl (C=O) groups excluding carboxylic acids is 2. The first kappa shape index (κ1) is 19.9. The van der Waals surface area contributed by atoms with Crippen molar-refractivity contribution in [3.8, 4) is 11.5 Å². The molecule has 0 aromatic heterocycles. The van der Waals surface area contributed by atoms with E-state index < -0.39 is 23.8 Å². The Morgan fingerprint density at radius 3 is 2.38 bits per heavy atom. The summed E-state index contributed by atoms with van der Waals surface area (Å²) in [4.78, 5) is 23.9. The number of anilines is 1. The molecule has 148 valence electrons. The van der Waals surface area contributed by atoms with Gasteiger partial charge in [0.2, 0.25) is 5.91 Å². The van der Waals surface area contributed by atoms with Crippen molar-refractivity contribution in [2.24, 2.45) is 5.73 Å². The van der Waals surface area contributed by atoms with Gasteiger partial charge in [0.25, 0.3) is 0 Å². The predicted octanol–water partition coefficient (Wildman–Crippen LogP) is 4.36. The summed E-state index contributed by atoms with van der Waals surface area (Å²) in [5.41, 5.74) is 6.25. The number of benzene rings is 3. The first-order valence-electron chi connectivity index (χ1n) is 8.94. The van der Waals surface area contributed by atoms with Crippen LogP contribution in [0.4, 0.5) is 14.9 Å². The van der Waals surface area contributed by atoms with Gasteiger partial charge in [0, 0.05) is 5.69 Å². The number of para-hydroxylation sites is 1. The smallest absolute Gasteiger partial charge is 0.312 e. The van der Waals surface area contributed by atoms with Gasteiger partial charge in [-0.3, -0.25) is 4.79 Å². The number of rotatable bonds is 7. The summed E-state index contributed by atoms with van der Waals surface area (Å²) in [6, 6.07) is 20.4. The van der Waals surface area contributed by atoms with E-state index in [9.17, 15) is 14.0 Å². The maximum absolute atomic E-state index is 13.3. The van der Waals surface area contributed by atoms with Crippen molar-refractivity contribution >= 4 is 17.6 Å². The van der Waals surface area contributed by atoms with Crippen LogP contribution in [0.15, 0.2) is 78.9 Å². The fourth-order valence-electron chi connectivity index (χ4n) is 2.81. The monoisotopic (exact) mass is 393 g/mol. The summed E-state index contributed by atoms with van der Waals surface area (Å²) in [7, 11) is 0. The van der Waals surface area contributed by atoms with Crippen molar-refractivity contribution in [2.75, 3.05) is 5.32 Å². The van der Waals surface area contributed by atoms with E-state index in [0.29, 0.717) is 22.7 Å². The van der Waals surface area contributed by atoms with Gasteiger partial charge in [0.15, 0.2) is 0 Å². The quantitative estimate of drug-likeness (QED) is 0.557. The lowest BCUT2D eigenvalue weighted by Gasteiger charge is -2.19. The molecule has 3 amide bonds. The SMILES string of the molecule is NC(=O)NC(CC(=O)Nc1cccc(F)c1)c1cccc(Oc2ccccc2)c1. The zero-order chi connectivity index (χ0) is 20.6. The minimum Gasteiger partial charge on any atom is -0.457 e. The molecule has 0 aliphatic rings. The van der Waals surface area contributed by atoms with Crippen LogP contribution >= 0.6 is 0 Å². The summed E-state index contributed by atoms with van der Waals surface area (Å²) in [6.45, 7) is 0. The summed E-state index contributed by atoms with van der Waals surface area (Å²) in [6.07, 6.45) is -0.0890. The normalized spacial score (nSPS) is 11.3. The highest BCUT2D eigenvalue weighted by Gasteiger charge is 2.18. The third-order valence-corrected chi connectivity index (χ3v) is 4.05. The number of carbonyl (C=O) groups is 2. The molecule has 4 N–H and O–H groups in total. The third-order valence-electron chi connectivity index (χ3n) is 4.05. The number of hydrogen-bond donors (Lipinski definition) is 3. The number of halogens is 1. The Labute approximate surface area is 167 Å². The highest BCUT2D eigenvalue weighted by molar-refractivity contribution is 5.91. The van der Waals surface area contributed by atoms with Crippen LogP contribution < -0.4 is 21.1 Å². The first-order valence-corrected chi connectivity index (χ1v) is 8.94. The average Bonchev–Trinajstić information content (AvgIpc) is 2.68. The Hall–Kier alpha value is -3.87. The molecule has 3 aromatic rings. The standard InChI is InChI=1S/C22H20FN3O3/c23-16-7-5-8-17(13-16)25-21(27)14-20(26-22(24)28)15-6-4-11-19(12-15)29-18-9-2-1-3-10-18/h1-13,20H,14H2,(H,25,27)(H3,24,26,28). The Morgan fingerprint density at radius 2 is 1.66 bits per heavy atom. The highest BCUT2D eigenvalue weighted by atomic mass is 19.1. The van der Waals surface area contributed by atoms with Crippen LogP contribution in [0.5, 0.6) is 11.5 Å². The summed E-state index contributed by atoms with van der Waals surface area (Å²) in [5.74, 6) is 0.354. The van der Waals surface area contributed by atoms with E-state index in [0.717, 1.165) is 0 Å². The third kappa shape index (κ3) is 6.07. The fourth-order valence-corrected chi connectivity index (χ4v) is 2.81. The Morgan fingerprint density at radius 1 is 0.931 bits per heavy atom. The van der Waals surface area contributed by atoms with Crippen molar-refractivity contribution in [1.29, 1.82) is 0 Å². The van der Waals surface area contributed by atoms with Crippen molar-refractivity contribution in [3.63, 3.8) is 0 Å². The van der Waals surface area contributed by atoms with E-state index >= 15 is 0 Å². The van der Waals surface area contributed by atoms with E-state index in [-0.39, 0.29) is 6.42 Å². The molecular weight excluding hydrogens is 373 g/mol. The second kappa shape index (κ2) is 9.36. The number of nitrogens with two attached hydrogens (primary N) is 1. The van der Waals surface area contributed by atoms with Crippen molar-refractivity contribution in [1.82, 2.24) is 5.32 Å². The Balaban J connectivity index is 1.75. The molecule has 1 atom stereocenters. The lowest BCUT2D eigenvalue weighted by Crippen LogP contribution is -2.35. The average molecular weight is 393 g/mol. The molecule has 3 aromatic carbocycles. The van der Waals surface area contributed by atoms with Gasteiger partial charge in [0.05, 0.1) is 12.5 Å². The molecule has 0 bridgehead atoms. The second-order valence-electron chi connectivity index (χ2n) is 6.31. The highest BCUT2D eigenvalue weighted by Crippen LogP contribution is 2.26. The molecule has 0 spiro atoms. The first-order chi connectivity index (χ1) is 14.0. The van der Waals surface area contributed by atoms with Crippen LogP contribution in [0, 0.1) is 5.82 Å². The van der Waals surface area contributed by atoms with Gasteiger partial charge in [0.1, 0.15) is 17.3 Å². The van der Waals surface area contributed by atoms with Gasteiger partial charge < -0.3 is 21.1 Å². The van der Waals surface area contributed by atoms with E-state index in [2.05, 4.69) is 10.6 Å². The van der Waals surface area contributed by atoms with Gasteiger partial charge in [-0.2, -0.15) is 0 Å². The number of amides is 3. The van der Waals surface area contributed by atoms with Gasteiger partial charge in [-0.25, -0.2) is 9.18 Å². The molecule has 6 nitrogen and oxygen atoms in total. The van der Waals surface area contributed by atoms with Crippen LogP contribution in [0.2, 0.25) is 0 Å². The lowest BCUT2D eigenvalue weighted by atomic mass is 10.0. The molecule has 7 heteroatoms.